The Bertz CT molecular complexity index is 1020. The highest BCUT2D eigenvalue weighted by Crippen LogP contribution is 2.35. The Morgan fingerprint density at radius 2 is 1.79 bits per heavy atom. The fraction of sp³-hybridized carbons (Fsp3) is 0.238. The molecule has 7 heteroatoms. The molecule has 3 rings (SSSR count). The van der Waals surface area contributed by atoms with Crippen molar-refractivity contribution >= 4 is 40.7 Å². The third kappa shape index (κ3) is 3.82. The number of carbonyl (C=O) groups excluding carboxylic acids is 1. The van der Waals surface area contributed by atoms with Crippen molar-refractivity contribution in [2.24, 2.45) is 5.10 Å². The van der Waals surface area contributed by atoms with Crippen LogP contribution < -0.4 is 5.01 Å². The van der Waals surface area contributed by atoms with Gasteiger partial charge < -0.3 is 0 Å². The fourth-order valence-corrected chi connectivity index (χ4v) is 3.08. The predicted molar refractivity (Wildman–Crippen MR) is 112 cm³/mol. The number of amides is 1. The lowest BCUT2D eigenvalue weighted by Crippen LogP contribution is -2.22. The number of anilines is 1. The van der Waals surface area contributed by atoms with Crippen LogP contribution in [-0.4, -0.2) is 16.5 Å². The van der Waals surface area contributed by atoms with Crippen LogP contribution in [0.25, 0.3) is 6.08 Å². The molecule has 0 bridgehead atoms. The van der Waals surface area contributed by atoms with Crippen LogP contribution in [0, 0.1) is 10.1 Å². The van der Waals surface area contributed by atoms with E-state index in [9.17, 15) is 14.9 Å². The molecule has 2 aromatic carbocycles. The number of benzene rings is 2. The van der Waals surface area contributed by atoms with Crippen molar-refractivity contribution in [1.82, 2.24) is 0 Å². The van der Waals surface area contributed by atoms with Gasteiger partial charge in [-0.25, -0.2) is 0 Å². The third-order valence-corrected chi connectivity index (χ3v) is 4.75. The molecule has 0 spiro atoms. The van der Waals surface area contributed by atoms with E-state index in [1.165, 1.54) is 23.8 Å². The van der Waals surface area contributed by atoms with Gasteiger partial charge in [-0.2, -0.15) is 10.1 Å². The second-order valence-electron chi connectivity index (χ2n) is 7.62. The van der Waals surface area contributed by atoms with Crippen LogP contribution in [0.3, 0.4) is 0 Å². The molecule has 144 valence electrons. The molecule has 2 aromatic rings. The molecule has 0 saturated heterocycles. The Labute approximate surface area is 168 Å². The number of carbonyl (C=O) groups is 1. The molecule has 0 fully saturated rings. The number of halogens is 1. The summed E-state index contributed by atoms with van der Waals surface area (Å²) in [5.41, 5.74) is 2.77. The Kier molecular flexibility index (Phi) is 5.08. The van der Waals surface area contributed by atoms with Gasteiger partial charge in [-0.1, -0.05) is 56.6 Å². The molecular formula is C21H20ClN3O3. The maximum Gasteiger partial charge on any atom is 0.295 e. The number of nitro groups is 1. The first-order valence-electron chi connectivity index (χ1n) is 8.74. The fourth-order valence-electron chi connectivity index (χ4n) is 2.91. The molecule has 1 amide bonds. The standard InChI is InChI=1S/C21H20ClN3O3/c1-13-17(11-14-5-7-15(8-6-14)21(2,3)4)20(26)24(23-13)19-12-16(22)9-10-18(19)25(27)28/h5-12H,1-4H3/b17-11+. The molecule has 0 aliphatic carbocycles. The van der Waals surface area contributed by atoms with E-state index < -0.39 is 10.8 Å². The second-order valence-corrected chi connectivity index (χ2v) is 8.06. The lowest BCUT2D eigenvalue weighted by atomic mass is 9.86. The average molecular weight is 398 g/mol. The van der Waals surface area contributed by atoms with E-state index in [4.69, 9.17) is 11.6 Å². The average Bonchev–Trinajstić information content (AvgIpc) is 2.89. The molecule has 6 nitrogen and oxygen atoms in total. The molecule has 0 saturated carbocycles. The van der Waals surface area contributed by atoms with Crippen LogP contribution >= 0.6 is 11.6 Å². The second kappa shape index (κ2) is 7.20. The lowest BCUT2D eigenvalue weighted by Gasteiger charge is -2.18. The van der Waals surface area contributed by atoms with Crippen molar-refractivity contribution in [3.05, 3.63) is 74.3 Å². The van der Waals surface area contributed by atoms with Gasteiger partial charge in [0.05, 0.1) is 16.2 Å². The number of hydrogen-bond donors (Lipinski definition) is 0. The highest BCUT2D eigenvalue weighted by molar-refractivity contribution is 6.33. The number of nitrogens with zero attached hydrogens (tertiary/aromatic N) is 3. The molecule has 0 N–H and O–H groups in total. The van der Waals surface area contributed by atoms with Gasteiger partial charge in [-0.15, -0.1) is 0 Å². The summed E-state index contributed by atoms with van der Waals surface area (Å²) >= 11 is 5.98. The topological polar surface area (TPSA) is 75.8 Å². The highest BCUT2D eigenvalue weighted by Gasteiger charge is 2.33. The smallest absolute Gasteiger partial charge is 0.267 e. The quantitative estimate of drug-likeness (QED) is 0.398. The Hall–Kier alpha value is -2.99. The minimum absolute atomic E-state index is 0.0362. The van der Waals surface area contributed by atoms with Crippen LogP contribution in [0.4, 0.5) is 11.4 Å². The van der Waals surface area contributed by atoms with Crippen LogP contribution in [0.5, 0.6) is 0 Å². The third-order valence-electron chi connectivity index (χ3n) is 4.51. The van der Waals surface area contributed by atoms with Gasteiger partial charge in [0.1, 0.15) is 5.69 Å². The van der Waals surface area contributed by atoms with Gasteiger partial charge in [-0.05, 0) is 41.7 Å². The normalized spacial score (nSPS) is 15.9. The summed E-state index contributed by atoms with van der Waals surface area (Å²) in [5.74, 6) is -0.428. The number of hydrogen-bond acceptors (Lipinski definition) is 4. The van der Waals surface area contributed by atoms with Gasteiger partial charge in [0.15, 0.2) is 0 Å². The zero-order valence-electron chi connectivity index (χ0n) is 16.1. The Morgan fingerprint density at radius 1 is 1.14 bits per heavy atom. The summed E-state index contributed by atoms with van der Waals surface area (Å²) in [7, 11) is 0. The van der Waals surface area contributed by atoms with Crippen LogP contribution in [-0.2, 0) is 10.2 Å². The molecule has 0 radical (unpaired) electrons. The number of hydrazone groups is 1. The van der Waals surface area contributed by atoms with Crippen molar-refractivity contribution in [3.8, 4) is 0 Å². The zero-order valence-corrected chi connectivity index (χ0v) is 16.8. The summed E-state index contributed by atoms with van der Waals surface area (Å²) in [4.78, 5) is 23.7. The zero-order chi connectivity index (χ0) is 20.6. The Morgan fingerprint density at radius 3 is 2.36 bits per heavy atom. The first kappa shape index (κ1) is 19.8. The van der Waals surface area contributed by atoms with Crippen LogP contribution in [0.1, 0.15) is 38.8 Å². The van der Waals surface area contributed by atoms with E-state index in [0.717, 1.165) is 10.6 Å². The van der Waals surface area contributed by atoms with Crippen molar-refractivity contribution in [2.75, 3.05) is 5.01 Å². The lowest BCUT2D eigenvalue weighted by molar-refractivity contribution is -0.384. The van der Waals surface area contributed by atoms with E-state index in [1.807, 2.05) is 24.3 Å². The summed E-state index contributed by atoms with van der Waals surface area (Å²) in [5, 5.41) is 16.9. The summed E-state index contributed by atoms with van der Waals surface area (Å²) < 4.78 is 0. The van der Waals surface area contributed by atoms with Crippen molar-refractivity contribution in [1.29, 1.82) is 0 Å². The maximum atomic E-state index is 12.9. The van der Waals surface area contributed by atoms with E-state index in [2.05, 4.69) is 25.9 Å². The van der Waals surface area contributed by atoms with Gasteiger partial charge in [-0.3, -0.25) is 14.9 Å². The molecule has 0 unspecified atom stereocenters. The van der Waals surface area contributed by atoms with Gasteiger partial charge in [0.2, 0.25) is 0 Å². The largest absolute Gasteiger partial charge is 0.295 e. The number of nitro benzene ring substituents is 1. The molecular weight excluding hydrogens is 378 g/mol. The molecule has 1 aliphatic heterocycles. The molecule has 1 heterocycles. The van der Waals surface area contributed by atoms with Gasteiger partial charge >= 0.3 is 0 Å². The van der Waals surface area contributed by atoms with Crippen LogP contribution in [0.2, 0.25) is 5.02 Å². The minimum atomic E-state index is -0.559. The van der Waals surface area contributed by atoms with Gasteiger partial charge in [0.25, 0.3) is 11.6 Å². The summed E-state index contributed by atoms with van der Waals surface area (Å²) in [6.45, 7) is 8.10. The monoisotopic (exact) mass is 397 g/mol. The van der Waals surface area contributed by atoms with E-state index >= 15 is 0 Å². The Balaban J connectivity index is 1.97. The van der Waals surface area contributed by atoms with Crippen molar-refractivity contribution < 1.29 is 9.72 Å². The summed E-state index contributed by atoms with van der Waals surface area (Å²) in [6.07, 6.45) is 1.74. The molecule has 0 aromatic heterocycles. The molecule has 28 heavy (non-hydrogen) atoms. The number of rotatable bonds is 3. The van der Waals surface area contributed by atoms with E-state index in [0.29, 0.717) is 11.3 Å². The van der Waals surface area contributed by atoms with E-state index in [1.54, 1.807) is 13.0 Å². The first-order valence-corrected chi connectivity index (χ1v) is 9.12. The summed E-state index contributed by atoms with van der Waals surface area (Å²) in [6, 6.07) is 12.0. The first-order chi connectivity index (χ1) is 13.1. The predicted octanol–water partition coefficient (Wildman–Crippen LogP) is 5.35. The molecule has 1 aliphatic rings. The van der Waals surface area contributed by atoms with Crippen molar-refractivity contribution in [3.63, 3.8) is 0 Å². The van der Waals surface area contributed by atoms with Crippen molar-refractivity contribution in [2.45, 2.75) is 33.1 Å². The minimum Gasteiger partial charge on any atom is -0.267 e. The van der Waals surface area contributed by atoms with Crippen LogP contribution in [0.15, 0.2) is 53.1 Å². The maximum absolute atomic E-state index is 12.9. The van der Waals surface area contributed by atoms with E-state index in [-0.39, 0.29) is 21.8 Å². The molecule has 0 atom stereocenters. The van der Waals surface area contributed by atoms with Gasteiger partial charge in [0, 0.05) is 11.1 Å². The highest BCUT2D eigenvalue weighted by atomic mass is 35.5. The SMILES string of the molecule is CC1=NN(c2cc(Cl)ccc2[N+](=O)[O-])C(=O)/C1=C/c1ccc(C(C)(C)C)cc1.